The molecule has 22 heavy (non-hydrogen) atoms. The molecule has 0 fully saturated rings. The van der Waals surface area contributed by atoms with Crippen LogP contribution in [0.25, 0.3) is 17.8 Å². The molecule has 0 saturated carbocycles. The van der Waals surface area contributed by atoms with Crippen LogP contribution in [0.4, 0.5) is 0 Å². The summed E-state index contributed by atoms with van der Waals surface area (Å²) in [5.74, 6) is 0.955. The zero-order valence-electron chi connectivity index (χ0n) is 12.4. The van der Waals surface area contributed by atoms with E-state index in [1.165, 1.54) is 0 Å². The molecule has 0 aliphatic heterocycles. The number of rotatable bonds is 3. The molecule has 0 saturated heterocycles. The average molecular weight is 292 g/mol. The topological polar surface area (TPSA) is 63.6 Å². The minimum Gasteiger partial charge on any atom is -0.304 e. The number of hydrogen-bond acceptors (Lipinski definition) is 3. The summed E-state index contributed by atoms with van der Waals surface area (Å²) in [6.45, 7) is 3.73. The molecule has 0 atom stereocenters. The molecule has 0 spiro atoms. The maximum Gasteiger partial charge on any atom is 0.267 e. The second-order valence-electron chi connectivity index (χ2n) is 5.07. The van der Waals surface area contributed by atoms with E-state index in [0.717, 1.165) is 22.8 Å². The molecule has 2 aromatic heterocycles. The smallest absolute Gasteiger partial charge is 0.267 e. The summed E-state index contributed by atoms with van der Waals surface area (Å²) < 4.78 is 2.03. The summed E-state index contributed by atoms with van der Waals surface area (Å²) in [6.07, 6.45) is 7.56. The van der Waals surface area contributed by atoms with Crippen molar-refractivity contribution in [1.82, 2.24) is 19.7 Å². The Morgan fingerprint density at radius 1 is 1.14 bits per heavy atom. The van der Waals surface area contributed by atoms with Gasteiger partial charge in [0, 0.05) is 23.6 Å². The van der Waals surface area contributed by atoms with Gasteiger partial charge in [0.15, 0.2) is 0 Å². The molecule has 0 bridgehead atoms. The molecule has 5 heteroatoms. The lowest BCUT2D eigenvalue weighted by Gasteiger charge is -2.05. The van der Waals surface area contributed by atoms with E-state index in [1.54, 1.807) is 19.2 Å². The fraction of sp³-hybridized carbons (Fsp3) is 0.118. The molecule has 0 unspecified atom stereocenters. The Labute approximate surface area is 128 Å². The molecule has 1 N–H and O–H groups in total. The molecule has 5 nitrogen and oxygen atoms in total. The summed E-state index contributed by atoms with van der Waals surface area (Å²) >= 11 is 0. The first-order chi connectivity index (χ1) is 10.6. The summed E-state index contributed by atoms with van der Waals surface area (Å²) in [5, 5.41) is 6.46. The number of imidazole rings is 1. The molecule has 3 aromatic rings. The van der Waals surface area contributed by atoms with E-state index in [4.69, 9.17) is 0 Å². The minimum absolute atomic E-state index is 0.155. The summed E-state index contributed by atoms with van der Waals surface area (Å²) in [5.41, 5.74) is 3.36. The standard InChI is InChI=1S/C17H16N4O/c1-12-11-15(19-20-17(12)22)6-3-14-4-7-16(8-5-14)21-10-9-18-13(21)2/h3-11H,1-2H3,(H,20,22). The van der Waals surface area contributed by atoms with Crippen molar-refractivity contribution in [1.29, 1.82) is 0 Å². The van der Waals surface area contributed by atoms with E-state index in [9.17, 15) is 4.79 Å². The molecule has 3 rings (SSSR count). The normalized spacial score (nSPS) is 11.2. The van der Waals surface area contributed by atoms with Crippen LogP contribution in [0.15, 0.2) is 47.5 Å². The predicted octanol–water partition coefficient (Wildman–Crippen LogP) is 2.74. The monoisotopic (exact) mass is 292 g/mol. The van der Waals surface area contributed by atoms with Crippen LogP contribution >= 0.6 is 0 Å². The second kappa shape index (κ2) is 5.81. The maximum absolute atomic E-state index is 11.3. The summed E-state index contributed by atoms with van der Waals surface area (Å²) in [6, 6.07) is 9.91. The van der Waals surface area contributed by atoms with Gasteiger partial charge in [0.25, 0.3) is 5.56 Å². The fourth-order valence-electron chi connectivity index (χ4n) is 2.19. The van der Waals surface area contributed by atoms with Crippen molar-refractivity contribution >= 4 is 12.2 Å². The molecule has 0 amide bonds. The van der Waals surface area contributed by atoms with Gasteiger partial charge >= 0.3 is 0 Å². The van der Waals surface area contributed by atoms with Gasteiger partial charge in [0.2, 0.25) is 0 Å². The van der Waals surface area contributed by atoms with Crippen molar-refractivity contribution in [3.63, 3.8) is 0 Å². The fourth-order valence-corrected chi connectivity index (χ4v) is 2.19. The number of aromatic amines is 1. The van der Waals surface area contributed by atoms with E-state index < -0.39 is 0 Å². The molecule has 1 aromatic carbocycles. The zero-order chi connectivity index (χ0) is 15.5. The van der Waals surface area contributed by atoms with Gasteiger partial charge in [-0.2, -0.15) is 5.10 Å². The molecule has 0 radical (unpaired) electrons. The van der Waals surface area contributed by atoms with Gasteiger partial charge in [-0.05, 0) is 43.7 Å². The zero-order valence-corrected chi connectivity index (χ0v) is 12.4. The van der Waals surface area contributed by atoms with Crippen molar-refractivity contribution in [2.24, 2.45) is 0 Å². The Balaban J connectivity index is 1.81. The number of nitrogens with zero attached hydrogens (tertiary/aromatic N) is 3. The average Bonchev–Trinajstić information content (AvgIpc) is 2.95. The maximum atomic E-state index is 11.3. The van der Waals surface area contributed by atoms with Crippen LogP contribution in [0.1, 0.15) is 22.6 Å². The van der Waals surface area contributed by atoms with Gasteiger partial charge in [0.05, 0.1) is 5.69 Å². The Morgan fingerprint density at radius 3 is 2.55 bits per heavy atom. The van der Waals surface area contributed by atoms with Gasteiger partial charge in [-0.1, -0.05) is 18.2 Å². The Morgan fingerprint density at radius 2 is 1.91 bits per heavy atom. The lowest BCUT2D eigenvalue weighted by Crippen LogP contribution is -2.11. The summed E-state index contributed by atoms with van der Waals surface area (Å²) in [4.78, 5) is 15.5. The third kappa shape index (κ3) is 2.88. The van der Waals surface area contributed by atoms with Crippen molar-refractivity contribution in [2.75, 3.05) is 0 Å². The highest BCUT2D eigenvalue weighted by atomic mass is 16.1. The van der Waals surface area contributed by atoms with Crippen LogP contribution in [0.2, 0.25) is 0 Å². The van der Waals surface area contributed by atoms with Gasteiger partial charge in [-0.15, -0.1) is 0 Å². The third-order valence-electron chi connectivity index (χ3n) is 3.45. The van der Waals surface area contributed by atoms with Crippen LogP contribution in [0.5, 0.6) is 0 Å². The predicted molar refractivity (Wildman–Crippen MR) is 86.8 cm³/mol. The third-order valence-corrected chi connectivity index (χ3v) is 3.45. The second-order valence-corrected chi connectivity index (χ2v) is 5.07. The van der Waals surface area contributed by atoms with Gasteiger partial charge in [-0.3, -0.25) is 4.79 Å². The Bertz CT molecular complexity index is 872. The quantitative estimate of drug-likeness (QED) is 0.807. The van der Waals surface area contributed by atoms with E-state index >= 15 is 0 Å². The number of aromatic nitrogens is 4. The van der Waals surface area contributed by atoms with Crippen LogP contribution in [0.3, 0.4) is 0 Å². The number of nitrogens with one attached hydrogen (secondary N) is 1. The van der Waals surface area contributed by atoms with Crippen LogP contribution in [-0.2, 0) is 0 Å². The van der Waals surface area contributed by atoms with Crippen molar-refractivity contribution in [3.8, 4) is 5.69 Å². The Kier molecular flexibility index (Phi) is 3.70. The highest BCUT2D eigenvalue weighted by Crippen LogP contribution is 2.13. The SMILES string of the molecule is Cc1cc(C=Cc2ccc(-n3ccnc3C)cc2)n[nH]c1=O. The molecule has 0 aliphatic rings. The first-order valence-corrected chi connectivity index (χ1v) is 6.98. The minimum atomic E-state index is -0.155. The number of hydrogen-bond donors (Lipinski definition) is 1. The molecule has 2 heterocycles. The summed E-state index contributed by atoms with van der Waals surface area (Å²) in [7, 11) is 0. The van der Waals surface area contributed by atoms with E-state index in [1.807, 2.05) is 54.1 Å². The number of aryl methyl sites for hydroxylation is 2. The van der Waals surface area contributed by atoms with Crippen molar-refractivity contribution < 1.29 is 0 Å². The first kappa shape index (κ1) is 14.0. The van der Waals surface area contributed by atoms with Crippen LogP contribution in [0, 0.1) is 13.8 Å². The lowest BCUT2D eigenvalue weighted by molar-refractivity contribution is 0.958. The van der Waals surface area contributed by atoms with Crippen LogP contribution in [-0.4, -0.2) is 19.7 Å². The highest BCUT2D eigenvalue weighted by Gasteiger charge is 1.99. The van der Waals surface area contributed by atoms with Gasteiger partial charge in [-0.25, -0.2) is 10.1 Å². The van der Waals surface area contributed by atoms with Gasteiger partial charge in [0.1, 0.15) is 5.82 Å². The van der Waals surface area contributed by atoms with E-state index in [0.29, 0.717) is 5.56 Å². The highest BCUT2D eigenvalue weighted by molar-refractivity contribution is 5.68. The Hall–Kier alpha value is -2.95. The van der Waals surface area contributed by atoms with Gasteiger partial charge < -0.3 is 4.57 Å². The number of benzene rings is 1. The van der Waals surface area contributed by atoms with Crippen molar-refractivity contribution in [2.45, 2.75) is 13.8 Å². The first-order valence-electron chi connectivity index (χ1n) is 6.98. The van der Waals surface area contributed by atoms with Crippen LogP contribution < -0.4 is 5.56 Å². The molecular weight excluding hydrogens is 276 g/mol. The molecular formula is C17H16N4O. The molecule has 0 aliphatic carbocycles. The van der Waals surface area contributed by atoms with E-state index in [-0.39, 0.29) is 5.56 Å². The number of H-pyrrole nitrogens is 1. The van der Waals surface area contributed by atoms with E-state index in [2.05, 4.69) is 15.2 Å². The lowest BCUT2D eigenvalue weighted by atomic mass is 10.1. The largest absolute Gasteiger partial charge is 0.304 e. The van der Waals surface area contributed by atoms with Crippen molar-refractivity contribution in [3.05, 3.63) is 75.7 Å². The molecule has 110 valence electrons.